The first-order chi connectivity index (χ1) is 21.2. The van der Waals surface area contributed by atoms with Crippen LogP contribution in [0.1, 0.15) is 48.3 Å². The van der Waals surface area contributed by atoms with E-state index >= 15 is 0 Å². The van der Waals surface area contributed by atoms with Gasteiger partial charge in [0, 0.05) is 24.2 Å². The van der Waals surface area contributed by atoms with Gasteiger partial charge in [-0.25, -0.2) is 4.98 Å². The van der Waals surface area contributed by atoms with Gasteiger partial charge in [-0.3, -0.25) is 9.59 Å². The first kappa shape index (κ1) is 29.8. The summed E-state index contributed by atoms with van der Waals surface area (Å²) in [5, 5.41) is 12.2. The van der Waals surface area contributed by atoms with Gasteiger partial charge < -0.3 is 29.4 Å². The summed E-state index contributed by atoms with van der Waals surface area (Å²) < 4.78 is 54.1. The molecule has 1 aromatic heterocycles. The average Bonchev–Trinajstić information content (AvgIpc) is 3.68. The van der Waals surface area contributed by atoms with Gasteiger partial charge in [-0.1, -0.05) is 48.5 Å². The van der Waals surface area contributed by atoms with Crippen molar-refractivity contribution in [3.8, 4) is 0 Å². The lowest BCUT2D eigenvalue weighted by molar-refractivity contribution is -0.252. The van der Waals surface area contributed by atoms with Gasteiger partial charge >= 0.3 is 12.1 Å². The summed E-state index contributed by atoms with van der Waals surface area (Å²) >= 11 is 0. The number of alkyl halides is 3. The minimum absolute atomic E-state index is 0.0740. The molecule has 3 heterocycles. The Bertz CT molecular complexity index is 1640. The molecule has 12 heteroatoms. The molecule has 4 aromatic rings. The Hall–Kier alpha value is -4.26. The normalized spacial score (nSPS) is 22.3. The largest absolute Gasteiger partial charge is 0.471 e. The molecule has 2 saturated heterocycles. The lowest BCUT2D eigenvalue weighted by atomic mass is 10.00. The molecule has 2 aliphatic heterocycles. The van der Waals surface area contributed by atoms with E-state index in [2.05, 4.69) is 10.3 Å². The summed E-state index contributed by atoms with van der Waals surface area (Å²) in [7, 11) is 0. The minimum Gasteiger partial charge on any atom is -0.392 e. The highest BCUT2D eigenvalue weighted by Crippen LogP contribution is 2.39. The Morgan fingerprint density at radius 3 is 2.57 bits per heavy atom. The molecule has 0 bridgehead atoms. The van der Waals surface area contributed by atoms with Crippen LogP contribution in [0.5, 0.6) is 0 Å². The fourth-order valence-corrected chi connectivity index (χ4v) is 5.84. The molecule has 9 nitrogen and oxygen atoms in total. The maximum absolute atomic E-state index is 13.1. The van der Waals surface area contributed by atoms with Crippen molar-refractivity contribution in [2.75, 3.05) is 11.9 Å². The average molecular weight is 609 g/mol. The molecule has 0 aliphatic carbocycles. The monoisotopic (exact) mass is 608 g/mol. The number of para-hydroxylation sites is 2. The summed E-state index contributed by atoms with van der Waals surface area (Å²) in [5.41, 5.74) is 4.48. The van der Waals surface area contributed by atoms with Crippen molar-refractivity contribution in [2.45, 2.75) is 63.1 Å². The van der Waals surface area contributed by atoms with E-state index in [4.69, 9.17) is 9.47 Å². The Morgan fingerprint density at radius 1 is 1.00 bits per heavy atom. The first-order valence-corrected chi connectivity index (χ1v) is 14.4. The zero-order chi connectivity index (χ0) is 30.8. The number of aliphatic hydroxyl groups excluding tert-OH is 1. The predicted molar refractivity (Wildman–Crippen MR) is 154 cm³/mol. The first-order valence-electron chi connectivity index (χ1n) is 14.4. The van der Waals surface area contributed by atoms with E-state index in [-0.39, 0.29) is 31.8 Å². The number of nitrogens with one attached hydrogen (secondary N) is 1. The lowest BCUT2D eigenvalue weighted by Crippen LogP contribution is -2.48. The fraction of sp³-hybridized carbons (Fsp3) is 0.344. The van der Waals surface area contributed by atoms with E-state index in [1.54, 1.807) is 30.6 Å². The van der Waals surface area contributed by atoms with Crippen molar-refractivity contribution in [1.82, 2.24) is 14.5 Å². The third kappa shape index (κ3) is 6.33. The van der Waals surface area contributed by atoms with E-state index in [0.717, 1.165) is 22.2 Å². The highest BCUT2D eigenvalue weighted by atomic mass is 19.4. The smallest absolute Gasteiger partial charge is 0.392 e. The van der Waals surface area contributed by atoms with Crippen molar-refractivity contribution >= 4 is 28.5 Å². The van der Waals surface area contributed by atoms with Crippen LogP contribution in [0.2, 0.25) is 0 Å². The lowest BCUT2D eigenvalue weighted by Gasteiger charge is -2.36. The van der Waals surface area contributed by atoms with Crippen molar-refractivity contribution in [2.24, 2.45) is 0 Å². The number of likely N-dealkylation sites (tertiary alicyclic amines) is 1. The van der Waals surface area contributed by atoms with Crippen LogP contribution in [0.4, 0.5) is 18.9 Å². The van der Waals surface area contributed by atoms with Gasteiger partial charge in [-0.2, -0.15) is 13.2 Å². The molecule has 0 saturated carbocycles. The molecule has 0 radical (unpaired) electrons. The number of nitrogens with zero attached hydrogens (tertiary/aromatic N) is 3. The number of aliphatic hydroxyl groups is 1. The van der Waals surface area contributed by atoms with Crippen LogP contribution in [0.15, 0.2) is 79.1 Å². The predicted octanol–water partition coefficient (Wildman–Crippen LogP) is 5.27. The molecule has 2 amide bonds. The van der Waals surface area contributed by atoms with Crippen molar-refractivity contribution in [3.05, 3.63) is 95.8 Å². The molecule has 230 valence electrons. The number of carbonyl (C=O) groups is 2. The molecule has 0 spiro atoms. The number of benzene rings is 3. The SMILES string of the molecule is O=C(Nc1cccc(C2OC(Cn3cnc4ccccc43)CC(c3ccc(CO)cc3)O2)c1)C1CCCN1C(=O)C(F)(F)F. The quantitative estimate of drug-likeness (QED) is 0.296. The highest BCUT2D eigenvalue weighted by Gasteiger charge is 2.47. The minimum atomic E-state index is -5.05. The number of fused-ring (bicyclic) bond motifs is 1. The summed E-state index contributed by atoms with van der Waals surface area (Å²) in [4.78, 5) is 29.9. The Morgan fingerprint density at radius 2 is 1.80 bits per heavy atom. The number of halogens is 3. The van der Waals surface area contributed by atoms with Crippen molar-refractivity contribution < 1.29 is 37.3 Å². The molecule has 4 unspecified atom stereocenters. The second-order valence-electron chi connectivity index (χ2n) is 11.0. The number of imidazole rings is 1. The van der Waals surface area contributed by atoms with Crippen molar-refractivity contribution in [1.29, 1.82) is 0 Å². The van der Waals surface area contributed by atoms with E-state index in [9.17, 15) is 27.9 Å². The number of aromatic nitrogens is 2. The molecule has 6 rings (SSSR count). The zero-order valence-corrected chi connectivity index (χ0v) is 23.6. The maximum Gasteiger partial charge on any atom is 0.471 e. The Labute approximate surface area is 251 Å². The van der Waals surface area contributed by atoms with E-state index in [0.29, 0.717) is 35.5 Å². The van der Waals surface area contributed by atoms with Gasteiger partial charge in [-0.15, -0.1) is 0 Å². The number of carbonyl (C=O) groups excluding carboxylic acids is 2. The number of hydrogen-bond acceptors (Lipinski definition) is 6. The number of rotatable bonds is 7. The molecule has 2 fully saturated rings. The molecule has 4 atom stereocenters. The van der Waals surface area contributed by atoms with Gasteiger partial charge in [0.2, 0.25) is 5.91 Å². The van der Waals surface area contributed by atoms with Gasteiger partial charge in [-0.05, 0) is 48.2 Å². The van der Waals surface area contributed by atoms with Gasteiger partial charge in [0.05, 0.1) is 42.7 Å². The molecule has 2 aliphatic rings. The number of amides is 2. The Kier molecular flexibility index (Phi) is 8.39. The van der Waals surface area contributed by atoms with Crippen molar-refractivity contribution in [3.63, 3.8) is 0 Å². The van der Waals surface area contributed by atoms with E-state index in [1.165, 1.54) is 0 Å². The Balaban J connectivity index is 1.23. The molecular weight excluding hydrogens is 577 g/mol. The van der Waals surface area contributed by atoms with Crippen LogP contribution in [-0.2, 0) is 32.2 Å². The van der Waals surface area contributed by atoms with Gasteiger partial charge in [0.25, 0.3) is 0 Å². The van der Waals surface area contributed by atoms with Crippen LogP contribution in [0.25, 0.3) is 11.0 Å². The topological polar surface area (TPSA) is 106 Å². The van der Waals surface area contributed by atoms with Gasteiger partial charge in [0.1, 0.15) is 6.04 Å². The molecule has 44 heavy (non-hydrogen) atoms. The van der Waals surface area contributed by atoms with E-state index < -0.39 is 30.3 Å². The van der Waals surface area contributed by atoms with E-state index in [1.807, 2.05) is 53.1 Å². The second kappa shape index (κ2) is 12.4. The fourth-order valence-electron chi connectivity index (χ4n) is 5.84. The highest BCUT2D eigenvalue weighted by molar-refractivity contribution is 5.98. The van der Waals surface area contributed by atoms with Crippen LogP contribution >= 0.6 is 0 Å². The number of hydrogen-bond donors (Lipinski definition) is 2. The second-order valence-corrected chi connectivity index (χ2v) is 11.0. The number of anilines is 1. The number of ether oxygens (including phenoxy) is 2. The van der Waals surface area contributed by atoms with Crippen LogP contribution < -0.4 is 5.32 Å². The third-order valence-corrected chi connectivity index (χ3v) is 8.03. The molecule has 2 N–H and O–H groups in total. The molecular formula is C32H31F3N4O5. The van der Waals surface area contributed by atoms with Crippen LogP contribution in [0, 0.1) is 0 Å². The summed E-state index contributed by atoms with van der Waals surface area (Å²) in [5.74, 6) is -2.70. The standard InChI is InChI=1S/C32H31F3N4O5/c33-32(34,35)31(42)39-14-4-9-27(39)29(41)37-23-6-3-5-22(15-23)30-43-24(17-38-19-36-25-7-1-2-8-26(25)38)16-28(44-30)21-12-10-20(18-40)11-13-21/h1-3,5-8,10-13,15,19,24,27-28,30,40H,4,9,14,16-18H2,(H,37,41). The summed E-state index contributed by atoms with van der Waals surface area (Å²) in [6, 6.07) is 20.9. The van der Waals surface area contributed by atoms with Gasteiger partial charge in [0.15, 0.2) is 6.29 Å². The maximum atomic E-state index is 13.1. The third-order valence-electron chi connectivity index (χ3n) is 8.03. The summed E-state index contributed by atoms with van der Waals surface area (Å²) in [6.07, 6.45) is -3.74. The van der Waals surface area contributed by atoms with Crippen LogP contribution in [-0.4, -0.2) is 56.2 Å². The summed E-state index contributed by atoms with van der Waals surface area (Å²) in [6.45, 7) is 0.302. The zero-order valence-electron chi connectivity index (χ0n) is 23.6. The van der Waals surface area contributed by atoms with Crippen LogP contribution in [0.3, 0.4) is 0 Å². The molecule has 3 aromatic carbocycles.